The molecule has 32 heavy (non-hydrogen) atoms. The lowest BCUT2D eigenvalue weighted by Crippen LogP contribution is -2.05. The summed E-state index contributed by atoms with van der Waals surface area (Å²) in [6, 6.07) is 16.4. The first-order valence-electron chi connectivity index (χ1n) is 12.0. The van der Waals surface area contributed by atoms with E-state index in [2.05, 4.69) is 34.6 Å². The quantitative estimate of drug-likeness (QED) is 0.277. The van der Waals surface area contributed by atoms with Crippen molar-refractivity contribution in [2.45, 2.75) is 76.0 Å². The van der Waals surface area contributed by atoms with Crippen molar-refractivity contribution in [2.75, 3.05) is 5.32 Å². The summed E-state index contributed by atoms with van der Waals surface area (Å²) in [6.07, 6.45) is 15.7. The lowest BCUT2D eigenvalue weighted by molar-refractivity contribution is -0.414. The second kappa shape index (κ2) is 11.1. The lowest BCUT2D eigenvalue weighted by atomic mass is 9.84. The highest BCUT2D eigenvalue weighted by atomic mass is 16.6. The molecule has 2 aliphatic rings. The van der Waals surface area contributed by atoms with E-state index < -0.39 is 4.92 Å². The summed E-state index contributed by atoms with van der Waals surface area (Å²) in [7, 11) is 0. The van der Waals surface area contributed by atoms with Gasteiger partial charge in [-0.1, -0.05) is 62.8 Å². The molecule has 2 aromatic rings. The molecule has 2 aliphatic carbocycles. The smallest absolute Gasteiger partial charge is 0.303 e. The van der Waals surface area contributed by atoms with Crippen molar-refractivity contribution in [1.29, 1.82) is 0 Å². The highest BCUT2D eigenvalue weighted by molar-refractivity contribution is 5.78. The van der Waals surface area contributed by atoms with E-state index >= 15 is 0 Å². The predicted molar refractivity (Wildman–Crippen MR) is 131 cm³/mol. The molecule has 0 radical (unpaired) electrons. The Morgan fingerprint density at radius 1 is 0.812 bits per heavy atom. The lowest BCUT2D eigenvalue weighted by Gasteiger charge is -2.22. The first kappa shape index (κ1) is 22.3. The fraction of sp³-hybridized carbons (Fsp3) is 0.444. The van der Waals surface area contributed by atoms with Crippen LogP contribution in [-0.4, -0.2) is 11.1 Å². The second-order valence-corrected chi connectivity index (χ2v) is 9.11. The van der Waals surface area contributed by atoms with Crippen molar-refractivity contribution >= 4 is 17.6 Å². The highest BCUT2D eigenvalue weighted by Gasteiger charge is 2.16. The second-order valence-electron chi connectivity index (χ2n) is 9.11. The molecule has 2 fully saturated rings. The van der Waals surface area contributed by atoms with Crippen molar-refractivity contribution in [2.24, 2.45) is 4.99 Å². The Labute approximate surface area is 190 Å². The van der Waals surface area contributed by atoms with Crippen LogP contribution >= 0.6 is 0 Å². The zero-order valence-corrected chi connectivity index (χ0v) is 18.7. The van der Waals surface area contributed by atoms with Crippen molar-refractivity contribution in [3.05, 3.63) is 81.7 Å². The normalized spacial score (nSPS) is 18.7. The van der Waals surface area contributed by atoms with Gasteiger partial charge >= 0.3 is 5.70 Å². The number of allylic oxidation sites excluding steroid dienone is 1. The Kier molecular flexibility index (Phi) is 7.70. The average Bonchev–Trinajstić information content (AvgIpc) is 2.85. The standard InChI is InChI=1S/C27H33N3O2/c31-30(32)27(19-28-25-15-11-23(12-16-25)21-7-3-1-4-8-21)20-29-26-17-13-24(14-18-26)22-9-5-2-6-10-22/h11-22,28H,1-10H2/b27-19+,29-20?. The minimum atomic E-state index is -0.413. The monoisotopic (exact) mass is 431 g/mol. The van der Waals surface area contributed by atoms with E-state index in [0.29, 0.717) is 11.8 Å². The average molecular weight is 432 g/mol. The molecule has 0 amide bonds. The topological polar surface area (TPSA) is 67.5 Å². The molecule has 1 N–H and O–H groups in total. The number of hydrogen-bond acceptors (Lipinski definition) is 4. The third kappa shape index (κ3) is 6.06. The summed E-state index contributed by atoms with van der Waals surface area (Å²) in [5.74, 6) is 1.30. The van der Waals surface area contributed by atoms with Crippen LogP contribution in [-0.2, 0) is 0 Å². The molecule has 0 spiro atoms. The van der Waals surface area contributed by atoms with Gasteiger partial charge in [0.1, 0.15) is 6.21 Å². The molecule has 0 unspecified atom stereocenters. The van der Waals surface area contributed by atoms with Gasteiger partial charge in [0.15, 0.2) is 0 Å². The van der Waals surface area contributed by atoms with E-state index in [9.17, 15) is 10.1 Å². The van der Waals surface area contributed by atoms with Gasteiger partial charge in [0.05, 0.1) is 16.8 Å². The van der Waals surface area contributed by atoms with Crippen molar-refractivity contribution in [1.82, 2.24) is 0 Å². The molecule has 0 heterocycles. The Bertz CT molecular complexity index is 936. The number of nitro groups is 1. The van der Waals surface area contributed by atoms with Gasteiger partial charge in [-0.3, -0.25) is 10.1 Å². The number of nitrogens with zero attached hydrogens (tertiary/aromatic N) is 2. The van der Waals surface area contributed by atoms with Gasteiger partial charge in [-0.05, 0) is 72.9 Å². The van der Waals surface area contributed by atoms with Crippen LogP contribution in [0.1, 0.15) is 87.2 Å². The molecular weight excluding hydrogens is 398 g/mol. The first-order chi connectivity index (χ1) is 15.7. The molecule has 2 aromatic carbocycles. The van der Waals surface area contributed by atoms with Crippen molar-refractivity contribution in [3.63, 3.8) is 0 Å². The predicted octanol–water partition coefficient (Wildman–Crippen LogP) is 7.71. The summed E-state index contributed by atoms with van der Waals surface area (Å²) in [5, 5.41) is 14.5. The maximum Gasteiger partial charge on any atom is 0.303 e. The third-order valence-electron chi connectivity index (χ3n) is 6.90. The summed E-state index contributed by atoms with van der Waals surface area (Å²) in [6.45, 7) is 0. The van der Waals surface area contributed by atoms with E-state index in [-0.39, 0.29) is 5.70 Å². The molecular formula is C27H33N3O2. The van der Waals surface area contributed by atoms with E-state index in [1.807, 2.05) is 24.3 Å². The summed E-state index contributed by atoms with van der Waals surface area (Å²) in [4.78, 5) is 15.4. The zero-order valence-electron chi connectivity index (χ0n) is 18.7. The number of aliphatic imine (C=N–C) groups is 1. The van der Waals surface area contributed by atoms with Crippen molar-refractivity contribution in [3.8, 4) is 0 Å². The summed E-state index contributed by atoms with van der Waals surface area (Å²) in [5.41, 5.74) is 4.22. The number of nitrogens with one attached hydrogen (secondary N) is 1. The Balaban J connectivity index is 1.37. The molecule has 4 rings (SSSR count). The van der Waals surface area contributed by atoms with Crippen LogP contribution in [0.3, 0.4) is 0 Å². The molecule has 168 valence electrons. The fourth-order valence-corrected chi connectivity index (χ4v) is 4.99. The Morgan fingerprint density at radius 2 is 1.31 bits per heavy atom. The van der Waals surface area contributed by atoms with Gasteiger partial charge in [0.2, 0.25) is 0 Å². The van der Waals surface area contributed by atoms with Gasteiger partial charge in [0.25, 0.3) is 0 Å². The maximum absolute atomic E-state index is 11.5. The number of hydrogen-bond donors (Lipinski definition) is 1. The first-order valence-corrected chi connectivity index (χ1v) is 12.0. The number of rotatable bonds is 7. The van der Waals surface area contributed by atoms with Crippen LogP contribution in [0.15, 0.2) is 65.4 Å². The molecule has 0 bridgehead atoms. The molecule has 2 saturated carbocycles. The van der Waals surface area contributed by atoms with Gasteiger partial charge in [0, 0.05) is 5.69 Å². The van der Waals surface area contributed by atoms with E-state index in [0.717, 1.165) is 11.4 Å². The Morgan fingerprint density at radius 3 is 1.81 bits per heavy atom. The molecule has 5 heteroatoms. The van der Waals surface area contributed by atoms with Crippen LogP contribution in [0.5, 0.6) is 0 Å². The fourth-order valence-electron chi connectivity index (χ4n) is 4.99. The molecule has 0 saturated heterocycles. The maximum atomic E-state index is 11.5. The molecule has 0 atom stereocenters. The Hall–Kier alpha value is -2.95. The number of anilines is 1. The molecule has 0 aromatic heterocycles. The van der Waals surface area contributed by atoms with Gasteiger partial charge in [-0.25, -0.2) is 4.99 Å². The largest absolute Gasteiger partial charge is 0.356 e. The summed E-state index contributed by atoms with van der Waals surface area (Å²) >= 11 is 0. The van der Waals surface area contributed by atoms with Crippen LogP contribution in [0.25, 0.3) is 0 Å². The summed E-state index contributed by atoms with van der Waals surface area (Å²) < 4.78 is 0. The SMILES string of the molecule is O=[N+]([O-])/C(C=Nc1ccc(C2CCCCC2)cc1)=C/Nc1ccc(C2CCCCC2)cc1. The highest BCUT2D eigenvalue weighted by Crippen LogP contribution is 2.34. The van der Waals surface area contributed by atoms with Crippen LogP contribution in [0, 0.1) is 10.1 Å². The molecule has 0 aliphatic heterocycles. The van der Waals surface area contributed by atoms with Crippen LogP contribution in [0.2, 0.25) is 0 Å². The minimum absolute atomic E-state index is 0.0716. The van der Waals surface area contributed by atoms with Gasteiger partial charge in [-0.15, -0.1) is 0 Å². The minimum Gasteiger partial charge on any atom is -0.356 e. The zero-order chi connectivity index (χ0) is 22.2. The van der Waals surface area contributed by atoms with E-state index in [1.54, 1.807) is 0 Å². The van der Waals surface area contributed by atoms with Gasteiger partial charge < -0.3 is 5.32 Å². The van der Waals surface area contributed by atoms with Crippen LogP contribution < -0.4 is 5.32 Å². The van der Waals surface area contributed by atoms with Crippen molar-refractivity contribution < 1.29 is 4.92 Å². The third-order valence-corrected chi connectivity index (χ3v) is 6.90. The van der Waals surface area contributed by atoms with E-state index in [1.165, 1.54) is 87.7 Å². The van der Waals surface area contributed by atoms with Crippen LogP contribution in [0.4, 0.5) is 11.4 Å². The van der Waals surface area contributed by atoms with Gasteiger partial charge in [-0.2, -0.15) is 0 Å². The van der Waals surface area contributed by atoms with E-state index in [4.69, 9.17) is 0 Å². The molecule has 5 nitrogen and oxygen atoms in total. The number of benzene rings is 2.